The summed E-state index contributed by atoms with van der Waals surface area (Å²) in [6, 6.07) is 9.40. The molecule has 0 spiro atoms. The molecule has 2 aromatic rings. The van der Waals surface area contributed by atoms with E-state index in [1.54, 1.807) is 19.5 Å². The van der Waals surface area contributed by atoms with Crippen LogP contribution in [0.3, 0.4) is 0 Å². The van der Waals surface area contributed by atoms with Crippen molar-refractivity contribution in [3.8, 4) is 23.3 Å². The number of nitrogens with zero attached hydrogens (tertiary/aromatic N) is 1. The van der Waals surface area contributed by atoms with Crippen LogP contribution >= 0.6 is 0 Å². The summed E-state index contributed by atoms with van der Waals surface area (Å²) in [6.45, 7) is 14.7. The molecule has 1 aromatic carbocycles. The Morgan fingerprint density at radius 3 is 2.41 bits per heavy atom. The highest BCUT2D eigenvalue weighted by atomic mass is 28.4. The number of methoxy groups -OCH3 is 1. The normalized spacial score (nSPS) is 21.4. The zero-order chi connectivity index (χ0) is 27.2. The number of aliphatic hydroxyl groups is 1. The Bertz CT molecular complexity index is 1090. The van der Waals surface area contributed by atoms with E-state index >= 15 is 0 Å². The average molecular weight is 524 g/mol. The van der Waals surface area contributed by atoms with Crippen molar-refractivity contribution in [1.29, 1.82) is 0 Å². The van der Waals surface area contributed by atoms with Gasteiger partial charge in [-0.1, -0.05) is 51.9 Å². The molecule has 6 heteroatoms. The van der Waals surface area contributed by atoms with E-state index in [2.05, 4.69) is 50.7 Å². The molecule has 5 nitrogen and oxygen atoms in total. The summed E-state index contributed by atoms with van der Waals surface area (Å²) in [6.07, 6.45) is 9.86. The molecule has 2 atom stereocenters. The number of rotatable bonds is 10. The van der Waals surface area contributed by atoms with Crippen LogP contribution in [0.2, 0.25) is 18.1 Å². The highest BCUT2D eigenvalue weighted by Crippen LogP contribution is 2.49. The van der Waals surface area contributed by atoms with Crippen molar-refractivity contribution >= 4 is 8.32 Å². The molecule has 0 bridgehead atoms. The minimum atomic E-state index is -1.64. The molecule has 0 radical (unpaired) electrons. The van der Waals surface area contributed by atoms with Gasteiger partial charge in [0.2, 0.25) is 0 Å². The summed E-state index contributed by atoms with van der Waals surface area (Å²) in [5.41, 5.74) is -0.516. The quantitative estimate of drug-likeness (QED) is 0.206. The third-order valence-electron chi connectivity index (χ3n) is 8.20. The van der Waals surface area contributed by atoms with E-state index in [-0.39, 0.29) is 5.04 Å². The number of hydrogen-bond acceptors (Lipinski definition) is 5. The monoisotopic (exact) mass is 523 g/mol. The van der Waals surface area contributed by atoms with Gasteiger partial charge in [0.15, 0.2) is 13.9 Å². The molecule has 0 aliphatic carbocycles. The van der Waals surface area contributed by atoms with Crippen LogP contribution in [0.15, 0.2) is 42.7 Å². The van der Waals surface area contributed by atoms with Gasteiger partial charge < -0.3 is 19.0 Å². The lowest BCUT2D eigenvalue weighted by Crippen LogP contribution is -2.53. The molecule has 0 saturated carbocycles. The standard InChI is InChI=1S/C31H45NO4Si/c1-29(2,3)37(6,7)36-22-14-12-10-8-9-11-13-19-31(33)27-16-15-26(34-5)23-28(27)35-24-30(31,4)25-17-20-32-21-18-25/h15-18,20-21,23,33H,8-12,14,22,24H2,1-7H3. The van der Waals surface area contributed by atoms with Gasteiger partial charge in [0.1, 0.15) is 18.1 Å². The predicted molar refractivity (Wildman–Crippen MR) is 153 cm³/mol. The number of pyridine rings is 1. The van der Waals surface area contributed by atoms with Crippen molar-refractivity contribution in [2.24, 2.45) is 0 Å². The second kappa shape index (κ2) is 12.0. The lowest BCUT2D eigenvalue weighted by Gasteiger charge is -2.46. The molecule has 1 N–H and O–H groups in total. The molecule has 1 aromatic heterocycles. The molecule has 3 rings (SSSR count). The van der Waals surface area contributed by atoms with Crippen LogP contribution in [-0.4, -0.2) is 38.7 Å². The van der Waals surface area contributed by atoms with Gasteiger partial charge in [-0.3, -0.25) is 4.98 Å². The van der Waals surface area contributed by atoms with Crippen LogP contribution in [0.1, 0.15) is 77.3 Å². The van der Waals surface area contributed by atoms with E-state index in [1.807, 2.05) is 37.3 Å². The zero-order valence-corrected chi connectivity index (χ0v) is 24.8. The van der Waals surface area contributed by atoms with Crippen molar-refractivity contribution in [2.45, 2.75) is 95.4 Å². The van der Waals surface area contributed by atoms with Crippen LogP contribution in [0.5, 0.6) is 11.5 Å². The molecule has 1 aliphatic heterocycles. The van der Waals surface area contributed by atoms with Crippen LogP contribution in [0, 0.1) is 11.8 Å². The summed E-state index contributed by atoms with van der Waals surface area (Å²) >= 11 is 0. The summed E-state index contributed by atoms with van der Waals surface area (Å²) in [5, 5.41) is 12.4. The van der Waals surface area contributed by atoms with E-state index in [1.165, 1.54) is 12.8 Å². The number of benzene rings is 1. The van der Waals surface area contributed by atoms with Crippen LogP contribution < -0.4 is 9.47 Å². The van der Waals surface area contributed by atoms with E-state index in [0.29, 0.717) is 23.7 Å². The Balaban J connectivity index is 1.61. The molecular weight excluding hydrogens is 478 g/mol. The maximum absolute atomic E-state index is 12.2. The molecule has 0 fully saturated rings. The van der Waals surface area contributed by atoms with Crippen LogP contribution in [0.4, 0.5) is 0 Å². The number of hydrogen-bond donors (Lipinski definition) is 1. The summed E-state index contributed by atoms with van der Waals surface area (Å²) in [4.78, 5) is 4.15. The van der Waals surface area contributed by atoms with Gasteiger partial charge in [0, 0.05) is 37.1 Å². The Morgan fingerprint density at radius 1 is 1.05 bits per heavy atom. The smallest absolute Gasteiger partial charge is 0.191 e. The lowest BCUT2D eigenvalue weighted by atomic mass is 9.65. The Hall–Kier alpha value is -2.33. The first kappa shape index (κ1) is 29.2. The minimum Gasteiger partial charge on any atom is -0.497 e. The van der Waals surface area contributed by atoms with Gasteiger partial charge in [0.25, 0.3) is 0 Å². The van der Waals surface area contributed by atoms with Gasteiger partial charge in [-0.05, 0) is 67.7 Å². The van der Waals surface area contributed by atoms with Gasteiger partial charge in [-0.25, -0.2) is 0 Å². The summed E-state index contributed by atoms with van der Waals surface area (Å²) in [7, 11) is -0.0192. The van der Waals surface area contributed by atoms with Crippen molar-refractivity contribution in [2.75, 3.05) is 20.3 Å². The molecule has 0 amide bonds. The molecule has 202 valence electrons. The summed E-state index contributed by atoms with van der Waals surface area (Å²) in [5.74, 6) is 7.88. The zero-order valence-electron chi connectivity index (χ0n) is 23.8. The fourth-order valence-electron chi connectivity index (χ4n) is 4.47. The van der Waals surface area contributed by atoms with Crippen molar-refractivity contribution in [1.82, 2.24) is 4.98 Å². The fraction of sp³-hybridized carbons (Fsp3) is 0.581. The Morgan fingerprint density at radius 2 is 1.73 bits per heavy atom. The molecular formula is C31H45NO4Si. The third-order valence-corrected chi connectivity index (χ3v) is 12.7. The van der Waals surface area contributed by atoms with E-state index in [4.69, 9.17) is 13.9 Å². The average Bonchev–Trinajstić information content (AvgIpc) is 2.87. The maximum Gasteiger partial charge on any atom is 0.191 e. The SMILES string of the molecule is COc1ccc2c(c1)OCC(C)(c1ccncc1)C2(O)C#CCCCCCCCO[Si](C)(C)C(C)(C)C. The van der Waals surface area contributed by atoms with Crippen molar-refractivity contribution < 1.29 is 19.0 Å². The third kappa shape index (κ3) is 6.57. The van der Waals surface area contributed by atoms with Crippen molar-refractivity contribution in [3.63, 3.8) is 0 Å². The largest absolute Gasteiger partial charge is 0.497 e. The summed E-state index contributed by atoms with van der Waals surface area (Å²) < 4.78 is 17.8. The first-order chi connectivity index (χ1) is 17.4. The Labute approximate surface area is 225 Å². The van der Waals surface area contributed by atoms with E-state index in [9.17, 15) is 5.11 Å². The number of fused-ring (bicyclic) bond motifs is 1. The van der Waals surface area contributed by atoms with Gasteiger partial charge in [0.05, 0.1) is 12.5 Å². The van der Waals surface area contributed by atoms with Gasteiger partial charge >= 0.3 is 0 Å². The van der Waals surface area contributed by atoms with Crippen molar-refractivity contribution in [3.05, 3.63) is 53.9 Å². The molecule has 0 saturated heterocycles. The molecule has 1 aliphatic rings. The van der Waals surface area contributed by atoms with E-state index in [0.717, 1.165) is 37.9 Å². The molecule has 2 unspecified atom stereocenters. The minimum absolute atomic E-state index is 0.264. The predicted octanol–water partition coefficient (Wildman–Crippen LogP) is 6.99. The van der Waals surface area contributed by atoms with E-state index < -0.39 is 19.3 Å². The van der Waals surface area contributed by atoms with Crippen LogP contribution in [-0.2, 0) is 15.4 Å². The number of aromatic nitrogens is 1. The van der Waals surface area contributed by atoms with Gasteiger partial charge in [-0.15, -0.1) is 0 Å². The first-order valence-electron chi connectivity index (χ1n) is 13.5. The number of ether oxygens (including phenoxy) is 2. The molecule has 2 heterocycles. The second-order valence-electron chi connectivity index (χ2n) is 11.9. The highest BCUT2D eigenvalue weighted by Gasteiger charge is 2.53. The molecule has 37 heavy (non-hydrogen) atoms. The first-order valence-corrected chi connectivity index (χ1v) is 16.4. The van der Waals surface area contributed by atoms with Gasteiger partial charge in [-0.2, -0.15) is 0 Å². The fourth-order valence-corrected chi connectivity index (χ4v) is 5.56. The topological polar surface area (TPSA) is 60.8 Å². The maximum atomic E-state index is 12.2. The number of unbranched alkanes of at least 4 members (excludes halogenated alkanes) is 5. The van der Waals surface area contributed by atoms with Crippen LogP contribution in [0.25, 0.3) is 0 Å². The lowest BCUT2D eigenvalue weighted by molar-refractivity contribution is -0.0271. The highest BCUT2D eigenvalue weighted by molar-refractivity contribution is 6.74. The second-order valence-corrected chi connectivity index (χ2v) is 16.7. The Kier molecular flexibility index (Phi) is 9.50.